The van der Waals surface area contributed by atoms with Gasteiger partial charge < -0.3 is 5.32 Å². The summed E-state index contributed by atoms with van der Waals surface area (Å²) in [5.41, 5.74) is -0.406. The van der Waals surface area contributed by atoms with Crippen LogP contribution in [-0.4, -0.2) is 32.2 Å². The fraction of sp³-hybridized carbons (Fsp3) is 0.400. The van der Waals surface area contributed by atoms with Crippen LogP contribution in [0, 0.1) is 21.4 Å². The van der Waals surface area contributed by atoms with Crippen molar-refractivity contribution in [2.24, 2.45) is 0 Å². The van der Waals surface area contributed by atoms with Crippen molar-refractivity contribution in [1.82, 2.24) is 4.98 Å². The van der Waals surface area contributed by atoms with Gasteiger partial charge in [-0.05, 0) is 13.0 Å². The number of hydrogen-bond acceptors (Lipinski definition) is 6. The predicted octanol–water partition coefficient (Wildman–Crippen LogP) is 1.04. The average molecular weight is 268 g/mol. The molecule has 18 heavy (non-hydrogen) atoms. The largest absolute Gasteiger partial charge is 0.363 e. The number of aromatic nitrogens is 1. The molecule has 0 unspecified atom stereocenters. The number of nitrogens with one attached hydrogen (secondary N) is 1. The van der Waals surface area contributed by atoms with Gasteiger partial charge in [0, 0.05) is 35.0 Å². The summed E-state index contributed by atoms with van der Waals surface area (Å²) in [6.45, 7) is 2.04. The Balaban J connectivity index is 2.99. The Bertz CT molecular complexity index is 526. The molecule has 0 amide bonds. The smallest absolute Gasteiger partial charge is 0.328 e. The van der Waals surface area contributed by atoms with E-state index in [0.29, 0.717) is 0 Å². The molecule has 7 nitrogen and oxygen atoms in total. The highest BCUT2D eigenvalue weighted by Gasteiger charge is 2.21. The van der Waals surface area contributed by atoms with Crippen molar-refractivity contribution in [1.29, 1.82) is 5.26 Å². The van der Waals surface area contributed by atoms with Crippen molar-refractivity contribution in [3.05, 3.63) is 27.9 Å². The van der Waals surface area contributed by atoms with E-state index >= 15 is 0 Å². The molecule has 0 bridgehead atoms. The van der Waals surface area contributed by atoms with Crippen molar-refractivity contribution < 1.29 is 9.13 Å². The highest BCUT2D eigenvalue weighted by molar-refractivity contribution is 7.84. The summed E-state index contributed by atoms with van der Waals surface area (Å²) in [7, 11) is -1.03. The minimum absolute atomic E-state index is 0.0244. The Morgan fingerprint density at radius 2 is 2.39 bits per heavy atom. The van der Waals surface area contributed by atoms with Crippen LogP contribution in [0.2, 0.25) is 0 Å². The lowest BCUT2D eigenvalue weighted by Crippen LogP contribution is -2.21. The van der Waals surface area contributed by atoms with Gasteiger partial charge in [-0.2, -0.15) is 5.26 Å². The van der Waals surface area contributed by atoms with Crippen LogP contribution in [0.4, 0.5) is 11.5 Å². The van der Waals surface area contributed by atoms with E-state index in [9.17, 15) is 14.3 Å². The maximum absolute atomic E-state index is 11.2. The molecule has 0 radical (unpaired) electrons. The number of anilines is 1. The zero-order valence-corrected chi connectivity index (χ0v) is 10.7. The first-order valence-electron chi connectivity index (χ1n) is 5.07. The topological polar surface area (TPSA) is 109 Å². The first kappa shape index (κ1) is 14.1. The van der Waals surface area contributed by atoms with E-state index in [1.807, 2.05) is 0 Å². The van der Waals surface area contributed by atoms with Gasteiger partial charge in [0.15, 0.2) is 0 Å². The van der Waals surface area contributed by atoms with Gasteiger partial charge in [0.25, 0.3) is 0 Å². The zero-order valence-electron chi connectivity index (χ0n) is 9.91. The van der Waals surface area contributed by atoms with Gasteiger partial charge in [0.05, 0.1) is 4.92 Å². The van der Waals surface area contributed by atoms with Crippen LogP contribution >= 0.6 is 0 Å². The third kappa shape index (κ3) is 3.24. The van der Waals surface area contributed by atoms with Gasteiger partial charge in [0.1, 0.15) is 11.6 Å². The number of pyridine rings is 1. The monoisotopic (exact) mass is 268 g/mol. The van der Waals surface area contributed by atoms with Crippen molar-refractivity contribution in [3.8, 4) is 6.07 Å². The van der Waals surface area contributed by atoms with E-state index in [2.05, 4.69) is 10.3 Å². The summed E-state index contributed by atoms with van der Waals surface area (Å²) in [6.07, 6.45) is 2.88. The highest BCUT2D eigenvalue weighted by atomic mass is 32.2. The number of nitro groups is 1. The van der Waals surface area contributed by atoms with E-state index in [-0.39, 0.29) is 28.9 Å². The quantitative estimate of drug-likeness (QED) is 0.631. The van der Waals surface area contributed by atoms with Crippen LogP contribution in [0.25, 0.3) is 0 Å². The van der Waals surface area contributed by atoms with Crippen molar-refractivity contribution in [3.63, 3.8) is 0 Å². The SMILES string of the molecule is C[C@H](CNc1nccc(C#N)c1[N+](=O)[O-])[S@@](C)=O. The van der Waals surface area contributed by atoms with Crippen LogP contribution < -0.4 is 5.32 Å². The molecule has 96 valence electrons. The fourth-order valence-electron chi connectivity index (χ4n) is 1.22. The summed E-state index contributed by atoms with van der Waals surface area (Å²) in [4.78, 5) is 14.1. The van der Waals surface area contributed by atoms with Gasteiger partial charge in [0.2, 0.25) is 5.82 Å². The lowest BCUT2D eigenvalue weighted by Gasteiger charge is -2.10. The molecule has 1 rings (SSSR count). The molecule has 0 aliphatic heterocycles. The number of nitrogens with zero attached hydrogens (tertiary/aromatic N) is 3. The second kappa shape index (κ2) is 6.07. The van der Waals surface area contributed by atoms with Crippen LogP contribution in [-0.2, 0) is 10.8 Å². The molecule has 0 saturated heterocycles. The van der Waals surface area contributed by atoms with Gasteiger partial charge in [-0.15, -0.1) is 0 Å². The summed E-state index contributed by atoms with van der Waals surface area (Å²) >= 11 is 0. The Morgan fingerprint density at radius 1 is 1.72 bits per heavy atom. The minimum Gasteiger partial charge on any atom is -0.363 e. The standard InChI is InChI=1S/C10H12N4O3S/c1-7(18(2)17)6-13-10-9(14(15)16)8(5-11)3-4-12-10/h3-4,7H,6H2,1-2H3,(H,12,13)/t7-,18-/m1/s1. The Morgan fingerprint density at radius 3 is 2.89 bits per heavy atom. The predicted molar refractivity (Wildman–Crippen MR) is 67.6 cm³/mol. The second-order valence-corrected chi connectivity index (χ2v) is 5.42. The maximum Gasteiger partial charge on any atom is 0.328 e. The minimum atomic E-state index is -1.03. The molecule has 0 saturated carbocycles. The number of nitriles is 1. The molecule has 0 aliphatic rings. The summed E-state index contributed by atoms with van der Waals surface area (Å²) < 4.78 is 11.2. The number of rotatable bonds is 5. The van der Waals surface area contributed by atoms with Gasteiger partial charge >= 0.3 is 5.69 Å². The molecule has 0 fully saturated rings. The lowest BCUT2D eigenvalue weighted by molar-refractivity contribution is -0.384. The van der Waals surface area contributed by atoms with Gasteiger partial charge in [-0.1, -0.05) is 0 Å². The van der Waals surface area contributed by atoms with E-state index in [4.69, 9.17) is 5.26 Å². The summed E-state index contributed by atoms with van der Waals surface area (Å²) in [5.74, 6) is 0.0244. The van der Waals surface area contributed by atoms with Gasteiger partial charge in [-0.25, -0.2) is 4.98 Å². The Hall–Kier alpha value is -2.01. The highest BCUT2D eigenvalue weighted by Crippen LogP contribution is 2.25. The third-order valence-corrected chi connectivity index (χ3v) is 3.65. The molecular formula is C10H12N4O3S. The molecule has 2 atom stereocenters. The van der Waals surface area contributed by atoms with Crippen LogP contribution in [0.3, 0.4) is 0 Å². The molecule has 0 aromatic carbocycles. The zero-order chi connectivity index (χ0) is 13.7. The average Bonchev–Trinajstić information content (AvgIpc) is 2.34. The lowest BCUT2D eigenvalue weighted by atomic mass is 10.2. The Kier molecular flexibility index (Phi) is 4.74. The molecule has 0 spiro atoms. The van der Waals surface area contributed by atoms with Crippen molar-refractivity contribution >= 4 is 22.3 Å². The number of hydrogen-bond donors (Lipinski definition) is 1. The van der Waals surface area contributed by atoms with Crippen LogP contribution in [0.1, 0.15) is 12.5 Å². The van der Waals surface area contributed by atoms with Crippen molar-refractivity contribution in [2.75, 3.05) is 18.1 Å². The third-order valence-electron chi connectivity index (χ3n) is 2.35. The van der Waals surface area contributed by atoms with Gasteiger partial charge in [-0.3, -0.25) is 14.3 Å². The molecule has 1 aromatic rings. The van der Waals surface area contributed by atoms with E-state index < -0.39 is 15.7 Å². The summed E-state index contributed by atoms with van der Waals surface area (Å²) in [5, 5.41) is 22.3. The Labute approximate surface area is 106 Å². The van der Waals surface area contributed by atoms with E-state index in [1.54, 1.807) is 19.2 Å². The molecular weight excluding hydrogens is 256 g/mol. The first-order valence-corrected chi connectivity index (χ1v) is 6.69. The molecule has 1 heterocycles. The molecule has 1 N–H and O–H groups in total. The normalized spacial score (nSPS) is 13.4. The van der Waals surface area contributed by atoms with Crippen molar-refractivity contribution in [2.45, 2.75) is 12.2 Å². The fourth-order valence-corrected chi connectivity index (χ4v) is 1.53. The van der Waals surface area contributed by atoms with Crippen LogP contribution in [0.15, 0.2) is 12.3 Å². The molecule has 0 aliphatic carbocycles. The van der Waals surface area contributed by atoms with E-state index in [1.165, 1.54) is 12.3 Å². The molecule has 8 heteroatoms. The van der Waals surface area contributed by atoms with Crippen LogP contribution in [0.5, 0.6) is 0 Å². The second-order valence-electron chi connectivity index (χ2n) is 3.61. The van der Waals surface area contributed by atoms with E-state index in [0.717, 1.165) is 0 Å². The molecule has 1 aromatic heterocycles. The summed E-state index contributed by atoms with van der Waals surface area (Å²) in [6, 6.07) is 3.03. The maximum atomic E-state index is 11.2. The first-order chi connectivity index (χ1) is 8.47.